The molecule has 6 nitrogen and oxygen atoms in total. The highest BCUT2D eigenvalue weighted by Crippen LogP contribution is 2.38. The molecule has 2 aromatic heterocycles. The molecule has 0 spiro atoms. The first-order chi connectivity index (χ1) is 14.0. The van der Waals surface area contributed by atoms with Gasteiger partial charge >= 0.3 is 0 Å². The molecule has 29 heavy (non-hydrogen) atoms. The Labute approximate surface area is 180 Å². The summed E-state index contributed by atoms with van der Waals surface area (Å²) in [5, 5.41) is 17.6. The van der Waals surface area contributed by atoms with E-state index in [1.54, 1.807) is 29.7 Å². The quantitative estimate of drug-likeness (QED) is 0.342. The van der Waals surface area contributed by atoms with Gasteiger partial charge in [0.2, 0.25) is 5.95 Å². The predicted octanol–water partition coefficient (Wildman–Crippen LogP) is 5.83. The van der Waals surface area contributed by atoms with Crippen LogP contribution in [0.15, 0.2) is 59.2 Å². The molecule has 0 saturated heterocycles. The van der Waals surface area contributed by atoms with Crippen molar-refractivity contribution in [3.63, 3.8) is 0 Å². The first-order valence-corrected chi connectivity index (χ1v) is 10.5. The van der Waals surface area contributed by atoms with E-state index < -0.39 is 0 Å². The molecule has 0 amide bonds. The maximum Gasteiger partial charge on any atom is 0.227 e. The Morgan fingerprint density at radius 2 is 1.83 bits per heavy atom. The molecule has 0 radical (unpaired) electrons. The third-order valence-electron chi connectivity index (χ3n) is 4.32. The second-order valence-corrected chi connectivity index (χ2v) is 8.20. The summed E-state index contributed by atoms with van der Waals surface area (Å²) in [5.41, 5.74) is 4.02. The van der Waals surface area contributed by atoms with Crippen molar-refractivity contribution in [1.82, 2.24) is 15.0 Å². The zero-order chi connectivity index (χ0) is 20.4. The molecule has 4 rings (SSSR count). The maximum absolute atomic E-state index is 10.5. The third-order valence-corrected chi connectivity index (χ3v) is 6.05. The Kier molecular flexibility index (Phi) is 5.46. The number of nitrogens with zero attached hydrogens (tertiary/aromatic N) is 3. The minimum absolute atomic E-state index is 0.186. The number of aromatic nitrogens is 3. The van der Waals surface area contributed by atoms with Crippen LogP contribution < -0.4 is 10.6 Å². The molecule has 0 saturated carbocycles. The van der Waals surface area contributed by atoms with Gasteiger partial charge in [0.05, 0.1) is 22.0 Å². The number of anilines is 3. The van der Waals surface area contributed by atoms with Gasteiger partial charge < -0.3 is 15.7 Å². The zero-order valence-electron chi connectivity index (χ0n) is 15.8. The molecule has 0 unspecified atom stereocenters. The van der Waals surface area contributed by atoms with E-state index in [-0.39, 0.29) is 5.75 Å². The summed E-state index contributed by atoms with van der Waals surface area (Å²) in [7, 11) is 1.85. The van der Waals surface area contributed by atoms with Gasteiger partial charge in [0, 0.05) is 23.3 Å². The number of hydrogen-bond donors (Lipinski definition) is 3. The number of phenols is 1. The molecule has 0 aliphatic heterocycles. The molecule has 0 atom stereocenters. The lowest BCUT2D eigenvalue weighted by Gasteiger charge is -2.13. The first-order valence-electron chi connectivity index (χ1n) is 8.88. The number of halogens is 1. The SMILES string of the molecule is CNc1nc(C)c(-c2ccnc(Nc3cccc(O)c3-c3ccc(Br)cc3)n2)s1. The monoisotopic (exact) mass is 467 g/mol. The van der Waals surface area contributed by atoms with Crippen molar-refractivity contribution in [2.75, 3.05) is 17.7 Å². The van der Waals surface area contributed by atoms with Gasteiger partial charge in [-0.15, -0.1) is 0 Å². The predicted molar refractivity (Wildman–Crippen MR) is 122 cm³/mol. The van der Waals surface area contributed by atoms with Crippen LogP contribution in [0.1, 0.15) is 5.69 Å². The number of thiazole rings is 1. The normalized spacial score (nSPS) is 10.7. The number of aryl methyl sites for hydroxylation is 1. The van der Waals surface area contributed by atoms with Crippen LogP contribution in [0.4, 0.5) is 16.8 Å². The number of benzene rings is 2. The second-order valence-electron chi connectivity index (χ2n) is 6.28. The number of aromatic hydroxyl groups is 1. The summed E-state index contributed by atoms with van der Waals surface area (Å²) in [6.45, 7) is 1.96. The van der Waals surface area contributed by atoms with E-state index in [1.807, 2.05) is 50.4 Å². The largest absolute Gasteiger partial charge is 0.507 e. The van der Waals surface area contributed by atoms with Crippen LogP contribution in [0.5, 0.6) is 5.75 Å². The van der Waals surface area contributed by atoms with E-state index in [4.69, 9.17) is 0 Å². The van der Waals surface area contributed by atoms with Crippen LogP contribution in [0, 0.1) is 6.92 Å². The van der Waals surface area contributed by atoms with Crippen molar-refractivity contribution in [1.29, 1.82) is 0 Å². The van der Waals surface area contributed by atoms with E-state index in [0.29, 0.717) is 11.5 Å². The van der Waals surface area contributed by atoms with Crippen molar-refractivity contribution in [2.45, 2.75) is 6.92 Å². The zero-order valence-corrected chi connectivity index (χ0v) is 18.2. The summed E-state index contributed by atoms with van der Waals surface area (Å²) in [6.07, 6.45) is 1.71. The summed E-state index contributed by atoms with van der Waals surface area (Å²) < 4.78 is 0.975. The molecule has 0 aliphatic carbocycles. The fraction of sp³-hybridized carbons (Fsp3) is 0.0952. The smallest absolute Gasteiger partial charge is 0.227 e. The summed E-state index contributed by atoms with van der Waals surface area (Å²) in [4.78, 5) is 14.5. The minimum Gasteiger partial charge on any atom is -0.507 e. The third kappa shape index (κ3) is 4.08. The molecule has 0 fully saturated rings. The first kappa shape index (κ1) is 19.4. The van der Waals surface area contributed by atoms with Gasteiger partial charge in [-0.05, 0) is 42.8 Å². The number of nitrogens with one attached hydrogen (secondary N) is 2. The lowest BCUT2D eigenvalue weighted by atomic mass is 10.0. The van der Waals surface area contributed by atoms with Crippen molar-refractivity contribution in [3.8, 4) is 27.4 Å². The van der Waals surface area contributed by atoms with Crippen molar-refractivity contribution in [2.24, 2.45) is 0 Å². The van der Waals surface area contributed by atoms with Gasteiger partial charge in [-0.25, -0.2) is 15.0 Å². The van der Waals surface area contributed by atoms with Gasteiger partial charge in [0.25, 0.3) is 0 Å². The van der Waals surface area contributed by atoms with Gasteiger partial charge in [0.15, 0.2) is 5.13 Å². The summed E-state index contributed by atoms with van der Waals surface area (Å²) in [6, 6.07) is 15.0. The average molecular weight is 468 g/mol. The Balaban J connectivity index is 1.71. The van der Waals surface area contributed by atoms with Gasteiger partial charge in [0.1, 0.15) is 5.75 Å². The fourth-order valence-electron chi connectivity index (χ4n) is 2.97. The highest BCUT2D eigenvalue weighted by Gasteiger charge is 2.14. The van der Waals surface area contributed by atoms with Crippen LogP contribution in [0.25, 0.3) is 21.7 Å². The van der Waals surface area contributed by atoms with Crippen LogP contribution in [0.2, 0.25) is 0 Å². The molecule has 146 valence electrons. The molecule has 0 bridgehead atoms. The topological polar surface area (TPSA) is 83.0 Å². The number of rotatable bonds is 5. The van der Waals surface area contributed by atoms with E-state index in [1.165, 1.54) is 0 Å². The van der Waals surface area contributed by atoms with Crippen molar-refractivity contribution < 1.29 is 5.11 Å². The summed E-state index contributed by atoms with van der Waals surface area (Å²) in [5.74, 6) is 0.635. The van der Waals surface area contributed by atoms with Gasteiger partial charge in [-0.2, -0.15) is 0 Å². The van der Waals surface area contributed by atoms with Crippen LogP contribution >= 0.6 is 27.3 Å². The highest BCUT2D eigenvalue weighted by atomic mass is 79.9. The van der Waals surface area contributed by atoms with Crippen LogP contribution in [-0.2, 0) is 0 Å². The van der Waals surface area contributed by atoms with Crippen molar-refractivity contribution in [3.05, 3.63) is 64.9 Å². The molecule has 8 heteroatoms. The lowest BCUT2D eigenvalue weighted by Crippen LogP contribution is -1.99. The Bertz CT molecular complexity index is 1160. The van der Waals surface area contributed by atoms with Crippen molar-refractivity contribution >= 4 is 44.0 Å². The molecule has 2 aromatic carbocycles. The minimum atomic E-state index is 0.186. The Hall–Kier alpha value is -2.97. The van der Waals surface area contributed by atoms with Gasteiger partial charge in [-0.1, -0.05) is 45.5 Å². The molecule has 3 N–H and O–H groups in total. The van der Waals surface area contributed by atoms with E-state index in [2.05, 4.69) is 41.5 Å². The van der Waals surface area contributed by atoms with E-state index in [0.717, 1.165) is 37.1 Å². The molecule has 4 aromatic rings. The summed E-state index contributed by atoms with van der Waals surface area (Å²) >= 11 is 4.99. The van der Waals surface area contributed by atoms with E-state index in [9.17, 15) is 5.11 Å². The Morgan fingerprint density at radius 3 is 2.55 bits per heavy atom. The van der Waals surface area contributed by atoms with Gasteiger partial charge in [-0.3, -0.25) is 0 Å². The molecule has 0 aliphatic rings. The molecular weight excluding hydrogens is 450 g/mol. The average Bonchev–Trinajstić information content (AvgIpc) is 3.10. The van der Waals surface area contributed by atoms with E-state index >= 15 is 0 Å². The Morgan fingerprint density at radius 1 is 1.03 bits per heavy atom. The number of phenolic OH excluding ortho intramolecular Hbond substituents is 1. The fourth-order valence-corrected chi connectivity index (χ4v) is 4.12. The molecular formula is C21H18BrN5OS. The molecule has 2 heterocycles. The van der Waals surface area contributed by atoms with Crippen LogP contribution in [-0.4, -0.2) is 27.1 Å². The number of hydrogen-bond acceptors (Lipinski definition) is 7. The standard InChI is InChI=1S/C21H18BrN5OS/c1-12-19(29-21(23-2)25-12)16-10-11-24-20(27-16)26-15-4-3-5-17(28)18(15)13-6-8-14(22)9-7-13/h3-11,28H,1-2H3,(H,23,25)(H,24,26,27). The second kappa shape index (κ2) is 8.18. The highest BCUT2D eigenvalue weighted by molar-refractivity contribution is 9.10. The lowest BCUT2D eigenvalue weighted by molar-refractivity contribution is 0.477. The van der Waals surface area contributed by atoms with Crippen LogP contribution in [0.3, 0.4) is 0 Å². The maximum atomic E-state index is 10.5.